The highest BCUT2D eigenvalue weighted by atomic mass is 16.5. The van der Waals surface area contributed by atoms with Crippen molar-refractivity contribution in [3.05, 3.63) is 64.1 Å². The molecule has 0 radical (unpaired) electrons. The van der Waals surface area contributed by atoms with Gasteiger partial charge in [-0.15, -0.1) is 0 Å². The maximum absolute atomic E-state index is 12.2. The highest BCUT2D eigenvalue weighted by Gasteiger charge is 2.09. The molecule has 1 aromatic carbocycles. The van der Waals surface area contributed by atoms with Gasteiger partial charge >= 0.3 is 0 Å². The predicted molar refractivity (Wildman–Crippen MR) is 77.4 cm³/mol. The largest absolute Gasteiger partial charge is 0.497 e. The first kappa shape index (κ1) is 14.1. The summed E-state index contributed by atoms with van der Waals surface area (Å²) < 4.78 is 6.50. The first-order valence-electron chi connectivity index (χ1n) is 6.51. The summed E-state index contributed by atoms with van der Waals surface area (Å²) in [6, 6.07) is 10.5. The Bertz CT molecular complexity index is 656. The fourth-order valence-corrected chi connectivity index (χ4v) is 2.00. The number of ketones is 1. The van der Waals surface area contributed by atoms with Gasteiger partial charge in [0, 0.05) is 17.3 Å². The van der Waals surface area contributed by atoms with Crippen LogP contribution < -0.4 is 10.3 Å². The van der Waals surface area contributed by atoms with Gasteiger partial charge in [0.2, 0.25) is 0 Å². The number of benzene rings is 1. The van der Waals surface area contributed by atoms with E-state index in [2.05, 4.69) is 0 Å². The van der Waals surface area contributed by atoms with Gasteiger partial charge in [0.1, 0.15) is 5.75 Å². The molecule has 2 aromatic rings. The summed E-state index contributed by atoms with van der Waals surface area (Å²) >= 11 is 0. The van der Waals surface area contributed by atoms with Crippen molar-refractivity contribution in [2.45, 2.75) is 19.9 Å². The fourth-order valence-electron chi connectivity index (χ4n) is 2.00. The number of carbonyl (C=O) groups excluding carboxylic acids is 1. The molecule has 0 unspecified atom stereocenters. The van der Waals surface area contributed by atoms with Crippen molar-refractivity contribution in [3.8, 4) is 5.75 Å². The number of methoxy groups -OCH3 is 1. The number of rotatable bonds is 5. The standard InChI is InChI=1S/C16H17NO3/c1-3-12-5-4-10-17(16(12)19)11-15(18)13-6-8-14(20-2)9-7-13/h4-10H,3,11H2,1-2H3. The highest BCUT2D eigenvalue weighted by Crippen LogP contribution is 2.12. The second-order valence-electron chi connectivity index (χ2n) is 4.47. The highest BCUT2D eigenvalue weighted by molar-refractivity contribution is 5.96. The van der Waals surface area contributed by atoms with Gasteiger partial charge in [-0.25, -0.2) is 0 Å². The molecule has 0 bridgehead atoms. The van der Waals surface area contributed by atoms with Crippen molar-refractivity contribution in [2.24, 2.45) is 0 Å². The van der Waals surface area contributed by atoms with E-state index in [1.54, 1.807) is 49.7 Å². The van der Waals surface area contributed by atoms with Crippen LogP contribution in [0.3, 0.4) is 0 Å². The predicted octanol–water partition coefficient (Wildman–Crippen LogP) is 2.30. The lowest BCUT2D eigenvalue weighted by molar-refractivity contribution is 0.0970. The lowest BCUT2D eigenvalue weighted by atomic mass is 10.1. The molecule has 0 amide bonds. The van der Waals surface area contributed by atoms with Crippen LogP contribution in [-0.4, -0.2) is 17.5 Å². The maximum atomic E-state index is 12.2. The Balaban J connectivity index is 2.21. The summed E-state index contributed by atoms with van der Waals surface area (Å²) in [5, 5.41) is 0. The number of carbonyl (C=O) groups is 1. The topological polar surface area (TPSA) is 48.3 Å². The van der Waals surface area contributed by atoms with E-state index in [4.69, 9.17) is 4.74 Å². The molecule has 0 atom stereocenters. The number of nitrogens with zero attached hydrogens (tertiary/aromatic N) is 1. The normalized spacial score (nSPS) is 10.3. The van der Waals surface area contributed by atoms with Gasteiger partial charge in [0.05, 0.1) is 13.7 Å². The Morgan fingerprint density at radius 2 is 1.90 bits per heavy atom. The minimum Gasteiger partial charge on any atom is -0.497 e. The van der Waals surface area contributed by atoms with E-state index >= 15 is 0 Å². The lowest BCUT2D eigenvalue weighted by Crippen LogP contribution is -2.26. The van der Waals surface area contributed by atoms with E-state index < -0.39 is 0 Å². The summed E-state index contributed by atoms with van der Waals surface area (Å²) in [4.78, 5) is 24.2. The van der Waals surface area contributed by atoms with E-state index in [9.17, 15) is 9.59 Å². The molecule has 4 heteroatoms. The molecule has 0 aliphatic carbocycles. The van der Waals surface area contributed by atoms with E-state index in [1.807, 2.05) is 6.92 Å². The van der Waals surface area contributed by atoms with Gasteiger partial charge in [-0.2, -0.15) is 0 Å². The van der Waals surface area contributed by atoms with Gasteiger partial charge in [-0.3, -0.25) is 9.59 Å². The monoisotopic (exact) mass is 271 g/mol. The number of hydrogen-bond acceptors (Lipinski definition) is 3. The third kappa shape index (κ3) is 2.96. The zero-order valence-corrected chi connectivity index (χ0v) is 11.6. The molecule has 0 aliphatic heterocycles. The maximum Gasteiger partial charge on any atom is 0.254 e. The fraction of sp³-hybridized carbons (Fsp3) is 0.250. The number of pyridine rings is 1. The Morgan fingerprint density at radius 3 is 2.50 bits per heavy atom. The molecular weight excluding hydrogens is 254 g/mol. The van der Waals surface area contributed by atoms with Crippen molar-refractivity contribution >= 4 is 5.78 Å². The Labute approximate surface area is 117 Å². The smallest absolute Gasteiger partial charge is 0.254 e. The molecule has 0 N–H and O–H groups in total. The number of aromatic nitrogens is 1. The van der Waals surface area contributed by atoms with Crippen LogP contribution in [-0.2, 0) is 13.0 Å². The Kier molecular flexibility index (Phi) is 4.35. The van der Waals surface area contributed by atoms with E-state index in [-0.39, 0.29) is 17.9 Å². The Morgan fingerprint density at radius 1 is 1.20 bits per heavy atom. The number of Topliss-reactive ketones (excluding diaryl/α,β-unsaturated/α-hetero) is 1. The summed E-state index contributed by atoms with van der Waals surface area (Å²) in [5.74, 6) is 0.606. The third-order valence-corrected chi connectivity index (χ3v) is 3.21. The second kappa shape index (κ2) is 6.19. The number of ether oxygens (including phenoxy) is 1. The summed E-state index contributed by atoms with van der Waals surface area (Å²) in [6.07, 6.45) is 2.30. The molecule has 1 aromatic heterocycles. The molecule has 0 spiro atoms. The zero-order chi connectivity index (χ0) is 14.5. The first-order valence-corrected chi connectivity index (χ1v) is 6.51. The van der Waals surface area contributed by atoms with Gasteiger partial charge in [-0.05, 0) is 36.8 Å². The van der Waals surface area contributed by atoms with Crippen LogP contribution >= 0.6 is 0 Å². The van der Waals surface area contributed by atoms with Crippen LogP contribution in [0.2, 0.25) is 0 Å². The molecule has 20 heavy (non-hydrogen) atoms. The minimum absolute atomic E-state index is 0.0546. The van der Waals surface area contributed by atoms with Crippen LogP contribution in [0.1, 0.15) is 22.8 Å². The molecule has 0 aliphatic rings. The van der Waals surface area contributed by atoms with Crippen molar-refractivity contribution in [1.29, 1.82) is 0 Å². The third-order valence-electron chi connectivity index (χ3n) is 3.21. The summed E-state index contributed by atoms with van der Waals surface area (Å²) in [6.45, 7) is 1.98. The van der Waals surface area contributed by atoms with E-state index in [1.165, 1.54) is 4.57 Å². The van der Waals surface area contributed by atoms with E-state index in [0.29, 0.717) is 17.7 Å². The minimum atomic E-state index is -0.100. The average Bonchev–Trinajstić information content (AvgIpc) is 2.49. The number of hydrogen-bond donors (Lipinski definition) is 0. The van der Waals surface area contributed by atoms with Crippen molar-refractivity contribution in [2.75, 3.05) is 7.11 Å². The van der Waals surface area contributed by atoms with Gasteiger partial charge in [-0.1, -0.05) is 13.0 Å². The van der Waals surface area contributed by atoms with Crippen LogP contribution in [0.25, 0.3) is 0 Å². The SMILES string of the molecule is CCc1cccn(CC(=O)c2ccc(OC)cc2)c1=O. The van der Waals surface area contributed by atoms with E-state index in [0.717, 1.165) is 5.56 Å². The van der Waals surface area contributed by atoms with Crippen molar-refractivity contribution in [3.63, 3.8) is 0 Å². The lowest BCUT2D eigenvalue weighted by Gasteiger charge is -2.07. The second-order valence-corrected chi connectivity index (χ2v) is 4.47. The summed E-state index contributed by atoms with van der Waals surface area (Å²) in [5.41, 5.74) is 1.19. The molecule has 2 rings (SSSR count). The number of aryl methyl sites for hydroxylation is 1. The van der Waals surface area contributed by atoms with Gasteiger partial charge in [0.25, 0.3) is 5.56 Å². The first-order chi connectivity index (χ1) is 9.65. The van der Waals surface area contributed by atoms with Crippen LogP contribution in [0, 0.1) is 0 Å². The molecule has 0 fully saturated rings. The molecule has 0 saturated heterocycles. The Hall–Kier alpha value is -2.36. The van der Waals surface area contributed by atoms with Gasteiger partial charge < -0.3 is 9.30 Å². The quantitative estimate of drug-likeness (QED) is 0.784. The van der Waals surface area contributed by atoms with Crippen molar-refractivity contribution < 1.29 is 9.53 Å². The van der Waals surface area contributed by atoms with Crippen LogP contribution in [0.15, 0.2) is 47.4 Å². The average molecular weight is 271 g/mol. The summed E-state index contributed by atoms with van der Waals surface area (Å²) in [7, 11) is 1.58. The van der Waals surface area contributed by atoms with Crippen molar-refractivity contribution in [1.82, 2.24) is 4.57 Å². The molecule has 104 valence electrons. The van der Waals surface area contributed by atoms with Crippen LogP contribution in [0.4, 0.5) is 0 Å². The molecular formula is C16H17NO3. The molecule has 0 saturated carbocycles. The van der Waals surface area contributed by atoms with Gasteiger partial charge in [0.15, 0.2) is 5.78 Å². The molecule has 4 nitrogen and oxygen atoms in total. The molecule has 1 heterocycles. The zero-order valence-electron chi connectivity index (χ0n) is 11.6. The van der Waals surface area contributed by atoms with Crippen LogP contribution in [0.5, 0.6) is 5.75 Å².